The summed E-state index contributed by atoms with van der Waals surface area (Å²) in [4.78, 5) is 28.0. The van der Waals surface area contributed by atoms with Crippen LogP contribution < -0.4 is 0 Å². The largest absolute Gasteiger partial charge is 0.301 e. The zero-order chi connectivity index (χ0) is 15.3. The van der Waals surface area contributed by atoms with Gasteiger partial charge >= 0.3 is 0 Å². The first-order valence-corrected chi connectivity index (χ1v) is 7.23. The van der Waals surface area contributed by atoms with E-state index in [0.29, 0.717) is 25.1 Å². The predicted molar refractivity (Wildman–Crippen MR) is 76.5 cm³/mol. The van der Waals surface area contributed by atoms with Gasteiger partial charge in [-0.1, -0.05) is 32.8 Å². The number of halogens is 1. The zero-order valence-electron chi connectivity index (χ0n) is 12.7. The van der Waals surface area contributed by atoms with E-state index in [1.807, 2.05) is 6.92 Å². The standard InChI is InChI=1S/C15H25FN2O2/c1-5-15(10-8-6-7-9-11-16)13(19)17(3)12(2)18(4)14(15)20/h2,5-11H2,1,3-4H3. The molecule has 0 aromatic heterocycles. The summed E-state index contributed by atoms with van der Waals surface area (Å²) in [5, 5.41) is 0. The fourth-order valence-electron chi connectivity index (χ4n) is 2.76. The van der Waals surface area contributed by atoms with Crippen molar-refractivity contribution >= 4 is 11.8 Å². The summed E-state index contributed by atoms with van der Waals surface area (Å²) < 4.78 is 12.1. The Bertz CT molecular complexity index is 371. The number of carbonyl (C=O) groups is 2. The normalized spacial score (nSPS) is 18.9. The third kappa shape index (κ3) is 2.86. The molecule has 20 heavy (non-hydrogen) atoms. The molecule has 114 valence electrons. The van der Waals surface area contributed by atoms with E-state index in [9.17, 15) is 14.0 Å². The smallest absolute Gasteiger partial charge is 0.243 e. The van der Waals surface area contributed by atoms with Gasteiger partial charge in [-0.25, -0.2) is 0 Å². The molecule has 0 unspecified atom stereocenters. The van der Waals surface area contributed by atoms with Gasteiger partial charge in [0, 0.05) is 14.1 Å². The molecular formula is C15H25FN2O2. The molecule has 0 atom stereocenters. The highest BCUT2D eigenvalue weighted by Crippen LogP contribution is 2.38. The minimum absolute atomic E-state index is 0.168. The summed E-state index contributed by atoms with van der Waals surface area (Å²) in [6, 6.07) is 0. The number of carbonyl (C=O) groups excluding carboxylic acids is 2. The SMILES string of the molecule is C=C1N(C)C(=O)C(CC)(CCCCCCF)C(=O)N1C. The van der Waals surface area contributed by atoms with Crippen molar-refractivity contribution in [2.75, 3.05) is 20.8 Å². The third-order valence-corrected chi connectivity index (χ3v) is 4.29. The van der Waals surface area contributed by atoms with Crippen molar-refractivity contribution in [3.05, 3.63) is 12.4 Å². The molecule has 1 aliphatic heterocycles. The molecule has 1 heterocycles. The molecule has 1 fully saturated rings. The molecule has 1 aliphatic rings. The van der Waals surface area contributed by atoms with Gasteiger partial charge in [0.2, 0.25) is 11.8 Å². The van der Waals surface area contributed by atoms with E-state index in [-0.39, 0.29) is 18.5 Å². The van der Waals surface area contributed by atoms with Crippen molar-refractivity contribution in [2.24, 2.45) is 5.41 Å². The number of hydrogen-bond acceptors (Lipinski definition) is 2. The van der Waals surface area contributed by atoms with Crippen LogP contribution in [0.15, 0.2) is 12.4 Å². The quantitative estimate of drug-likeness (QED) is 0.533. The van der Waals surface area contributed by atoms with E-state index >= 15 is 0 Å². The molecule has 5 heteroatoms. The highest BCUT2D eigenvalue weighted by Gasteiger charge is 2.51. The summed E-state index contributed by atoms with van der Waals surface area (Å²) in [7, 11) is 3.31. The van der Waals surface area contributed by atoms with Crippen LogP contribution >= 0.6 is 0 Å². The van der Waals surface area contributed by atoms with E-state index in [0.717, 1.165) is 19.3 Å². The molecule has 0 spiro atoms. The van der Waals surface area contributed by atoms with Gasteiger partial charge in [-0.15, -0.1) is 0 Å². The van der Waals surface area contributed by atoms with E-state index in [4.69, 9.17) is 0 Å². The van der Waals surface area contributed by atoms with Crippen molar-refractivity contribution in [3.63, 3.8) is 0 Å². The molecule has 1 rings (SSSR count). The highest BCUT2D eigenvalue weighted by atomic mass is 19.1. The molecule has 0 aliphatic carbocycles. The molecule has 0 aromatic rings. The summed E-state index contributed by atoms with van der Waals surface area (Å²) in [6.07, 6.45) is 3.97. The first kappa shape index (κ1) is 16.7. The Labute approximate surface area is 120 Å². The Morgan fingerprint density at radius 1 is 1.05 bits per heavy atom. The van der Waals surface area contributed by atoms with E-state index in [2.05, 4.69) is 6.58 Å². The van der Waals surface area contributed by atoms with Crippen LogP contribution in [-0.2, 0) is 9.59 Å². The second-order valence-corrected chi connectivity index (χ2v) is 5.43. The van der Waals surface area contributed by atoms with Gasteiger partial charge in [0.25, 0.3) is 0 Å². The second-order valence-electron chi connectivity index (χ2n) is 5.43. The topological polar surface area (TPSA) is 40.6 Å². The van der Waals surface area contributed by atoms with Gasteiger partial charge in [-0.3, -0.25) is 14.0 Å². The number of hydrogen-bond donors (Lipinski definition) is 0. The fraction of sp³-hybridized carbons (Fsp3) is 0.733. The maximum absolute atomic E-state index is 12.5. The maximum Gasteiger partial charge on any atom is 0.243 e. The summed E-state index contributed by atoms with van der Waals surface area (Å²) >= 11 is 0. The number of rotatable bonds is 7. The van der Waals surface area contributed by atoms with Crippen molar-refractivity contribution in [2.45, 2.75) is 45.4 Å². The highest BCUT2D eigenvalue weighted by molar-refractivity contribution is 6.08. The zero-order valence-corrected chi connectivity index (χ0v) is 12.7. The first-order valence-electron chi connectivity index (χ1n) is 7.23. The molecule has 0 N–H and O–H groups in total. The molecule has 2 amide bonds. The van der Waals surface area contributed by atoms with Crippen LogP contribution in [0.4, 0.5) is 4.39 Å². The molecule has 0 aromatic carbocycles. The molecule has 4 nitrogen and oxygen atoms in total. The lowest BCUT2D eigenvalue weighted by Crippen LogP contribution is -2.58. The van der Waals surface area contributed by atoms with Crippen LogP contribution in [0.25, 0.3) is 0 Å². The molecule has 1 saturated heterocycles. The van der Waals surface area contributed by atoms with Gasteiger partial charge in [0.1, 0.15) is 11.2 Å². The Balaban J connectivity index is 2.81. The lowest BCUT2D eigenvalue weighted by atomic mass is 9.76. The minimum Gasteiger partial charge on any atom is -0.301 e. The summed E-state index contributed by atoms with van der Waals surface area (Å²) in [5.41, 5.74) is -0.972. The molecule has 0 radical (unpaired) electrons. The van der Waals surface area contributed by atoms with Gasteiger partial charge in [-0.2, -0.15) is 0 Å². The van der Waals surface area contributed by atoms with Crippen LogP contribution in [0.3, 0.4) is 0 Å². The van der Waals surface area contributed by atoms with Crippen molar-refractivity contribution in [3.8, 4) is 0 Å². The van der Waals surface area contributed by atoms with Gasteiger partial charge < -0.3 is 9.80 Å². The average molecular weight is 284 g/mol. The average Bonchev–Trinajstić information content (AvgIpc) is 2.46. The summed E-state index contributed by atoms with van der Waals surface area (Å²) in [6.45, 7) is 5.33. The van der Waals surface area contributed by atoms with Crippen LogP contribution in [0, 0.1) is 5.41 Å². The second kappa shape index (κ2) is 6.86. The van der Waals surface area contributed by atoms with Gasteiger partial charge in [0.15, 0.2) is 0 Å². The Hall–Kier alpha value is -1.39. The lowest BCUT2D eigenvalue weighted by molar-refractivity contribution is -0.161. The predicted octanol–water partition coefficient (Wildman–Crippen LogP) is 2.70. The monoisotopic (exact) mass is 284 g/mol. The molecule has 0 bridgehead atoms. The van der Waals surface area contributed by atoms with Crippen LogP contribution in [0.2, 0.25) is 0 Å². The Morgan fingerprint density at radius 2 is 1.55 bits per heavy atom. The van der Waals surface area contributed by atoms with E-state index in [1.165, 1.54) is 9.80 Å². The Morgan fingerprint density at radius 3 is 2.00 bits per heavy atom. The fourth-order valence-corrected chi connectivity index (χ4v) is 2.76. The van der Waals surface area contributed by atoms with E-state index in [1.54, 1.807) is 14.1 Å². The number of amides is 2. The first-order chi connectivity index (χ1) is 9.42. The van der Waals surface area contributed by atoms with Gasteiger partial charge in [0.05, 0.1) is 6.67 Å². The molecular weight excluding hydrogens is 259 g/mol. The van der Waals surface area contributed by atoms with E-state index < -0.39 is 5.41 Å². The molecule has 0 saturated carbocycles. The maximum atomic E-state index is 12.5. The van der Waals surface area contributed by atoms with Crippen LogP contribution in [0.1, 0.15) is 45.4 Å². The van der Waals surface area contributed by atoms with Gasteiger partial charge in [-0.05, 0) is 19.3 Å². The van der Waals surface area contributed by atoms with Crippen molar-refractivity contribution in [1.29, 1.82) is 0 Å². The van der Waals surface area contributed by atoms with Crippen molar-refractivity contribution in [1.82, 2.24) is 9.80 Å². The number of unbranched alkanes of at least 4 members (excludes halogenated alkanes) is 3. The van der Waals surface area contributed by atoms with Crippen molar-refractivity contribution < 1.29 is 14.0 Å². The van der Waals surface area contributed by atoms with Crippen LogP contribution in [-0.4, -0.2) is 42.4 Å². The van der Waals surface area contributed by atoms with Crippen LogP contribution in [0.5, 0.6) is 0 Å². The number of alkyl halides is 1. The number of nitrogens with zero attached hydrogens (tertiary/aromatic N) is 2. The summed E-state index contributed by atoms with van der Waals surface area (Å²) in [5.74, 6) is 0.0821. The Kier molecular flexibility index (Phi) is 5.72. The minimum atomic E-state index is -0.972. The third-order valence-electron chi connectivity index (χ3n) is 4.29. The lowest BCUT2D eigenvalue weighted by Gasteiger charge is -2.44.